The molecule has 1 heterocycles. The third-order valence-electron chi connectivity index (χ3n) is 2.41. The van der Waals surface area contributed by atoms with Crippen LogP contribution in [-0.4, -0.2) is 23.0 Å². The summed E-state index contributed by atoms with van der Waals surface area (Å²) >= 11 is 0. The second-order valence-corrected chi connectivity index (χ2v) is 3.68. The fourth-order valence-electron chi connectivity index (χ4n) is 1.42. The quantitative estimate of drug-likeness (QED) is 0.721. The fourth-order valence-corrected chi connectivity index (χ4v) is 1.42. The van der Waals surface area contributed by atoms with E-state index < -0.39 is 0 Å². The highest BCUT2D eigenvalue weighted by atomic mass is 16.3. The summed E-state index contributed by atoms with van der Waals surface area (Å²) in [6.07, 6.45) is 1.50. The van der Waals surface area contributed by atoms with Crippen LogP contribution in [0.15, 0.2) is 42.6 Å². The Hall–Kier alpha value is -2.56. The minimum atomic E-state index is -0.240. The summed E-state index contributed by atoms with van der Waals surface area (Å²) in [5.74, 6) is 0.625. The molecule has 0 radical (unpaired) electrons. The Kier molecular flexibility index (Phi) is 3.43. The maximum atomic E-state index is 11.9. The minimum absolute atomic E-state index is 0.160. The van der Waals surface area contributed by atoms with Gasteiger partial charge in [-0.3, -0.25) is 4.79 Å². The Balaban J connectivity index is 2.09. The van der Waals surface area contributed by atoms with Crippen LogP contribution in [0.4, 0.5) is 11.5 Å². The van der Waals surface area contributed by atoms with Crippen LogP contribution in [0.5, 0.6) is 5.75 Å². The van der Waals surface area contributed by atoms with Crippen molar-refractivity contribution in [2.45, 2.75) is 0 Å². The van der Waals surface area contributed by atoms with Crippen LogP contribution in [0.1, 0.15) is 10.4 Å². The van der Waals surface area contributed by atoms with Gasteiger partial charge in [0.15, 0.2) is 0 Å². The summed E-state index contributed by atoms with van der Waals surface area (Å²) in [5.41, 5.74) is 1.09. The van der Waals surface area contributed by atoms with Crippen molar-refractivity contribution in [1.29, 1.82) is 0 Å². The lowest BCUT2D eigenvalue weighted by molar-refractivity contribution is 0.102. The molecule has 3 N–H and O–H groups in total. The Bertz CT molecular complexity index is 535. The van der Waals surface area contributed by atoms with Gasteiger partial charge in [-0.25, -0.2) is 4.98 Å². The molecule has 0 aliphatic rings. The Morgan fingerprint density at radius 3 is 2.44 bits per heavy atom. The van der Waals surface area contributed by atoms with Crippen LogP contribution in [0.25, 0.3) is 0 Å². The summed E-state index contributed by atoms with van der Waals surface area (Å²) in [5, 5.41) is 14.7. The van der Waals surface area contributed by atoms with E-state index in [1.54, 1.807) is 31.3 Å². The van der Waals surface area contributed by atoms with E-state index in [-0.39, 0.29) is 11.7 Å². The maximum absolute atomic E-state index is 11.9. The topological polar surface area (TPSA) is 74.2 Å². The fraction of sp³-hybridized carbons (Fsp3) is 0.0769. The van der Waals surface area contributed by atoms with E-state index in [1.807, 2.05) is 0 Å². The number of hydrogen-bond acceptors (Lipinski definition) is 4. The van der Waals surface area contributed by atoms with Gasteiger partial charge in [-0.1, -0.05) is 0 Å². The summed E-state index contributed by atoms with van der Waals surface area (Å²) in [6.45, 7) is 0. The Labute approximate surface area is 104 Å². The molecule has 1 aromatic carbocycles. The molecule has 0 spiro atoms. The van der Waals surface area contributed by atoms with Crippen molar-refractivity contribution >= 4 is 17.4 Å². The minimum Gasteiger partial charge on any atom is -0.508 e. The van der Waals surface area contributed by atoms with Crippen LogP contribution in [0.3, 0.4) is 0 Å². The van der Waals surface area contributed by atoms with Gasteiger partial charge < -0.3 is 15.7 Å². The van der Waals surface area contributed by atoms with E-state index in [9.17, 15) is 4.79 Å². The van der Waals surface area contributed by atoms with Crippen LogP contribution >= 0.6 is 0 Å². The number of amides is 1. The van der Waals surface area contributed by atoms with Gasteiger partial charge in [-0.05, 0) is 36.4 Å². The smallest absolute Gasteiger partial charge is 0.257 e. The van der Waals surface area contributed by atoms with E-state index in [0.29, 0.717) is 17.1 Å². The molecule has 0 bridgehead atoms. The molecule has 0 unspecified atom stereocenters. The molecule has 2 aromatic rings. The van der Waals surface area contributed by atoms with Crippen LogP contribution in [-0.2, 0) is 0 Å². The number of carbonyl (C=O) groups is 1. The summed E-state index contributed by atoms with van der Waals surface area (Å²) in [6, 6.07) is 9.70. The molecule has 18 heavy (non-hydrogen) atoms. The van der Waals surface area contributed by atoms with Gasteiger partial charge in [0.1, 0.15) is 11.6 Å². The molecular weight excluding hydrogens is 230 g/mol. The van der Waals surface area contributed by atoms with Gasteiger partial charge in [0.25, 0.3) is 5.91 Å². The lowest BCUT2D eigenvalue weighted by Gasteiger charge is -2.05. The number of carbonyl (C=O) groups excluding carboxylic acids is 1. The number of nitrogens with zero attached hydrogens (tertiary/aromatic N) is 1. The lowest BCUT2D eigenvalue weighted by atomic mass is 10.2. The van der Waals surface area contributed by atoms with Crippen LogP contribution in [0, 0.1) is 0 Å². The highest BCUT2D eigenvalue weighted by Crippen LogP contribution is 2.15. The number of pyridine rings is 1. The van der Waals surface area contributed by atoms with Crippen molar-refractivity contribution in [1.82, 2.24) is 4.98 Å². The van der Waals surface area contributed by atoms with Gasteiger partial charge in [0, 0.05) is 18.9 Å². The molecule has 0 atom stereocenters. The van der Waals surface area contributed by atoms with E-state index in [4.69, 9.17) is 5.11 Å². The van der Waals surface area contributed by atoms with Crippen LogP contribution in [0.2, 0.25) is 0 Å². The van der Waals surface area contributed by atoms with E-state index in [1.165, 1.54) is 18.3 Å². The first kappa shape index (κ1) is 11.9. The largest absolute Gasteiger partial charge is 0.508 e. The second kappa shape index (κ2) is 5.18. The van der Waals surface area contributed by atoms with Gasteiger partial charge in [0.2, 0.25) is 0 Å². The molecular formula is C13H13N3O2. The first-order valence-corrected chi connectivity index (χ1v) is 5.43. The van der Waals surface area contributed by atoms with E-state index >= 15 is 0 Å². The molecule has 0 aliphatic carbocycles. The lowest BCUT2D eigenvalue weighted by Crippen LogP contribution is -2.12. The first-order chi connectivity index (χ1) is 8.69. The number of aromatic nitrogens is 1. The van der Waals surface area contributed by atoms with Gasteiger partial charge in [-0.15, -0.1) is 0 Å². The van der Waals surface area contributed by atoms with Gasteiger partial charge in [0.05, 0.1) is 5.56 Å². The van der Waals surface area contributed by atoms with Crippen molar-refractivity contribution < 1.29 is 9.90 Å². The highest BCUT2D eigenvalue weighted by Gasteiger charge is 2.06. The predicted octanol–water partition coefficient (Wildman–Crippen LogP) is 2.08. The zero-order chi connectivity index (χ0) is 13.0. The summed E-state index contributed by atoms with van der Waals surface area (Å²) < 4.78 is 0. The molecule has 5 nitrogen and oxygen atoms in total. The zero-order valence-electron chi connectivity index (χ0n) is 9.84. The van der Waals surface area contributed by atoms with Crippen molar-refractivity contribution in [2.75, 3.05) is 17.7 Å². The van der Waals surface area contributed by atoms with Crippen molar-refractivity contribution in [3.63, 3.8) is 0 Å². The van der Waals surface area contributed by atoms with Gasteiger partial charge >= 0.3 is 0 Å². The SMILES string of the molecule is CNc1ccc(C(=O)Nc2ccc(O)cc2)cn1. The number of aromatic hydroxyl groups is 1. The molecule has 1 aromatic heterocycles. The van der Waals surface area contributed by atoms with Crippen LogP contribution < -0.4 is 10.6 Å². The molecule has 0 saturated carbocycles. The molecule has 5 heteroatoms. The number of nitrogens with one attached hydrogen (secondary N) is 2. The molecule has 1 amide bonds. The zero-order valence-corrected chi connectivity index (χ0v) is 9.84. The standard InChI is InChI=1S/C13H13N3O2/c1-14-12-7-2-9(8-15-12)13(18)16-10-3-5-11(17)6-4-10/h2-8,17H,1H3,(H,14,15)(H,16,18). The van der Waals surface area contributed by atoms with Crippen molar-refractivity contribution in [2.24, 2.45) is 0 Å². The number of benzene rings is 1. The molecule has 0 fully saturated rings. The molecule has 2 rings (SSSR count). The molecule has 0 saturated heterocycles. The average molecular weight is 243 g/mol. The summed E-state index contributed by atoms with van der Waals surface area (Å²) in [7, 11) is 1.76. The summed E-state index contributed by atoms with van der Waals surface area (Å²) in [4.78, 5) is 15.9. The molecule has 92 valence electrons. The third kappa shape index (κ3) is 2.76. The number of rotatable bonds is 3. The number of anilines is 2. The predicted molar refractivity (Wildman–Crippen MR) is 69.8 cm³/mol. The number of phenolic OH excluding ortho intramolecular Hbond substituents is 1. The first-order valence-electron chi connectivity index (χ1n) is 5.43. The monoisotopic (exact) mass is 243 g/mol. The normalized spacial score (nSPS) is 9.83. The second-order valence-electron chi connectivity index (χ2n) is 3.68. The molecule has 0 aliphatic heterocycles. The number of hydrogen-bond donors (Lipinski definition) is 3. The van der Waals surface area contributed by atoms with Crippen molar-refractivity contribution in [3.8, 4) is 5.75 Å². The van der Waals surface area contributed by atoms with E-state index in [0.717, 1.165) is 0 Å². The van der Waals surface area contributed by atoms with Crippen molar-refractivity contribution in [3.05, 3.63) is 48.2 Å². The Morgan fingerprint density at radius 1 is 1.17 bits per heavy atom. The number of phenols is 1. The Morgan fingerprint density at radius 2 is 1.89 bits per heavy atom. The highest BCUT2D eigenvalue weighted by molar-refractivity contribution is 6.04. The van der Waals surface area contributed by atoms with E-state index in [2.05, 4.69) is 15.6 Å². The average Bonchev–Trinajstić information content (AvgIpc) is 2.41. The van der Waals surface area contributed by atoms with Gasteiger partial charge in [-0.2, -0.15) is 0 Å². The maximum Gasteiger partial charge on any atom is 0.257 e. The third-order valence-corrected chi connectivity index (χ3v) is 2.41.